The monoisotopic (exact) mass is 234 g/mol. The molecule has 0 aliphatic carbocycles. The van der Waals surface area contributed by atoms with Crippen LogP contribution in [0.5, 0.6) is 0 Å². The van der Waals surface area contributed by atoms with Crippen LogP contribution < -0.4 is 10.6 Å². The van der Waals surface area contributed by atoms with E-state index in [0.717, 1.165) is 5.69 Å². The van der Waals surface area contributed by atoms with Crippen molar-refractivity contribution in [1.29, 1.82) is 0 Å². The van der Waals surface area contributed by atoms with Gasteiger partial charge in [-0.05, 0) is 12.1 Å². The Kier molecular flexibility index (Phi) is 3.26. The van der Waals surface area contributed by atoms with Crippen LogP contribution in [0.1, 0.15) is 0 Å². The lowest BCUT2D eigenvalue weighted by Crippen LogP contribution is -2.16. The van der Waals surface area contributed by atoms with Gasteiger partial charge in [0.25, 0.3) is 5.91 Å². The molecule has 1 heterocycles. The summed E-state index contributed by atoms with van der Waals surface area (Å²) in [7, 11) is 0. The van der Waals surface area contributed by atoms with Gasteiger partial charge < -0.3 is 10.6 Å². The highest BCUT2D eigenvalue weighted by molar-refractivity contribution is 8.04. The summed E-state index contributed by atoms with van der Waals surface area (Å²) in [4.78, 5) is 22.4. The third-order valence-electron chi connectivity index (χ3n) is 1.92. The fourth-order valence-electron chi connectivity index (χ4n) is 1.25. The molecule has 1 saturated heterocycles. The molecule has 1 fully saturated rings. The molecule has 4 nitrogen and oxygen atoms in total. The average molecular weight is 234 g/mol. The summed E-state index contributed by atoms with van der Waals surface area (Å²) in [6.45, 7) is 0. The van der Waals surface area contributed by atoms with Gasteiger partial charge in [-0.3, -0.25) is 9.59 Å². The Labute approximate surface area is 97.1 Å². The van der Waals surface area contributed by atoms with Gasteiger partial charge in [-0.2, -0.15) is 0 Å². The van der Waals surface area contributed by atoms with Gasteiger partial charge in [0.15, 0.2) is 0 Å². The van der Waals surface area contributed by atoms with E-state index in [4.69, 9.17) is 0 Å². The van der Waals surface area contributed by atoms with Crippen LogP contribution in [0, 0.1) is 0 Å². The predicted molar refractivity (Wildman–Crippen MR) is 63.8 cm³/mol. The minimum Gasteiger partial charge on any atom is -0.322 e. The highest BCUT2D eigenvalue weighted by Gasteiger charge is 2.15. The number of thioether (sulfide) groups is 1. The van der Waals surface area contributed by atoms with Crippen molar-refractivity contribution in [2.75, 3.05) is 11.1 Å². The molecule has 1 aromatic carbocycles. The lowest BCUT2D eigenvalue weighted by Gasteiger charge is -2.01. The number of hydrogen-bond donors (Lipinski definition) is 2. The van der Waals surface area contributed by atoms with Gasteiger partial charge in [-0.15, -0.1) is 0 Å². The second kappa shape index (κ2) is 4.85. The number of carbonyl (C=O) groups is 2. The number of nitrogens with one attached hydrogen (secondary N) is 2. The lowest BCUT2D eigenvalue weighted by atomic mass is 10.3. The molecule has 2 N–H and O–H groups in total. The van der Waals surface area contributed by atoms with Gasteiger partial charge in [0.2, 0.25) is 5.91 Å². The van der Waals surface area contributed by atoms with Crippen molar-refractivity contribution in [2.45, 2.75) is 0 Å². The normalized spacial score (nSPS) is 17.2. The number of hydrogen-bond acceptors (Lipinski definition) is 3. The molecule has 0 radical (unpaired) electrons. The summed E-state index contributed by atoms with van der Waals surface area (Å²) >= 11 is 1.33. The van der Waals surface area contributed by atoms with Crippen LogP contribution in [0.15, 0.2) is 41.4 Å². The first-order chi connectivity index (χ1) is 7.74. The average Bonchev–Trinajstić information content (AvgIpc) is 2.65. The number of rotatable bonds is 2. The molecule has 0 aromatic heterocycles. The molecule has 5 heteroatoms. The molecule has 0 bridgehead atoms. The Hall–Kier alpha value is -1.75. The zero-order chi connectivity index (χ0) is 11.4. The van der Waals surface area contributed by atoms with E-state index in [2.05, 4.69) is 10.6 Å². The van der Waals surface area contributed by atoms with E-state index in [1.165, 1.54) is 17.8 Å². The molecular formula is C11H10N2O2S. The van der Waals surface area contributed by atoms with E-state index in [9.17, 15) is 9.59 Å². The van der Waals surface area contributed by atoms with Gasteiger partial charge in [-0.1, -0.05) is 30.0 Å². The molecule has 1 aliphatic heterocycles. The standard InChI is InChI=1S/C11H10N2O2S/c14-9(6-11-13-10(15)7-16-11)12-8-4-2-1-3-5-8/h1-6H,7H2,(H,12,14)(H,13,15)/b11-6+. The topological polar surface area (TPSA) is 58.2 Å². The first-order valence-corrected chi connectivity index (χ1v) is 5.73. The van der Waals surface area contributed by atoms with Crippen molar-refractivity contribution in [2.24, 2.45) is 0 Å². The third-order valence-corrected chi connectivity index (χ3v) is 2.86. The number of carbonyl (C=O) groups excluding carboxylic acids is 2. The van der Waals surface area contributed by atoms with E-state index >= 15 is 0 Å². The van der Waals surface area contributed by atoms with Crippen LogP contribution >= 0.6 is 11.8 Å². The van der Waals surface area contributed by atoms with Gasteiger partial charge in [0.05, 0.1) is 10.8 Å². The highest BCUT2D eigenvalue weighted by atomic mass is 32.2. The third kappa shape index (κ3) is 2.87. The largest absolute Gasteiger partial charge is 0.322 e. The van der Waals surface area contributed by atoms with E-state index < -0.39 is 0 Å². The Morgan fingerprint density at radius 1 is 1.38 bits per heavy atom. The van der Waals surface area contributed by atoms with E-state index in [0.29, 0.717) is 10.8 Å². The summed E-state index contributed by atoms with van der Waals surface area (Å²) in [5.74, 6) is 0.0735. The molecule has 16 heavy (non-hydrogen) atoms. The molecule has 0 spiro atoms. The number of anilines is 1. The minimum atomic E-state index is -0.240. The van der Waals surface area contributed by atoms with Gasteiger partial charge >= 0.3 is 0 Å². The molecule has 0 saturated carbocycles. The minimum absolute atomic E-state index is 0.0660. The van der Waals surface area contributed by atoms with E-state index in [1.807, 2.05) is 18.2 Å². The SMILES string of the molecule is O=C(/C=C1\NC(=O)CS1)Nc1ccccc1. The fraction of sp³-hybridized carbons (Fsp3) is 0.0909. The van der Waals surface area contributed by atoms with Crippen LogP contribution in [0.4, 0.5) is 5.69 Å². The van der Waals surface area contributed by atoms with Crippen LogP contribution in [0.3, 0.4) is 0 Å². The van der Waals surface area contributed by atoms with E-state index in [-0.39, 0.29) is 11.8 Å². The number of amides is 2. The summed E-state index contributed by atoms with van der Waals surface area (Å²) in [5.41, 5.74) is 0.735. The maximum absolute atomic E-state index is 11.5. The van der Waals surface area contributed by atoms with Gasteiger partial charge in [-0.25, -0.2) is 0 Å². The summed E-state index contributed by atoms with van der Waals surface area (Å²) in [5, 5.41) is 5.89. The molecule has 82 valence electrons. The second-order valence-corrected chi connectivity index (χ2v) is 4.22. The van der Waals surface area contributed by atoms with Crippen LogP contribution in [-0.2, 0) is 9.59 Å². The van der Waals surface area contributed by atoms with Crippen molar-refractivity contribution >= 4 is 29.3 Å². The van der Waals surface area contributed by atoms with Crippen LogP contribution in [-0.4, -0.2) is 17.6 Å². The molecule has 1 aromatic rings. The first kappa shape index (κ1) is 10.8. The summed E-state index contributed by atoms with van der Waals surface area (Å²) in [6.07, 6.45) is 1.39. The van der Waals surface area contributed by atoms with Crippen molar-refractivity contribution in [3.63, 3.8) is 0 Å². The van der Waals surface area contributed by atoms with Gasteiger partial charge in [0, 0.05) is 11.8 Å². The highest BCUT2D eigenvalue weighted by Crippen LogP contribution is 2.18. The summed E-state index contributed by atoms with van der Waals surface area (Å²) in [6, 6.07) is 9.17. The van der Waals surface area contributed by atoms with Crippen molar-refractivity contribution in [3.8, 4) is 0 Å². The Bertz CT molecular complexity index is 443. The summed E-state index contributed by atoms with van der Waals surface area (Å²) < 4.78 is 0. The Morgan fingerprint density at radius 3 is 2.75 bits per heavy atom. The Balaban J connectivity index is 1.97. The Morgan fingerprint density at radius 2 is 2.12 bits per heavy atom. The number of benzene rings is 1. The predicted octanol–water partition coefficient (Wildman–Crippen LogP) is 1.33. The molecule has 1 aliphatic rings. The lowest BCUT2D eigenvalue weighted by molar-refractivity contribution is -0.117. The van der Waals surface area contributed by atoms with Crippen molar-refractivity contribution in [1.82, 2.24) is 5.32 Å². The smallest absolute Gasteiger partial charge is 0.250 e. The second-order valence-electron chi connectivity index (χ2n) is 3.20. The first-order valence-electron chi connectivity index (χ1n) is 4.74. The zero-order valence-electron chi connectivity index (χ0n) is 8.40. The maximum atomic E-state index is 11.5. The van der Waals surface area contributed by atoms with Crippen LogP contribution in [0.2, 0.25) is 0 Å². The maximum Gasteiger partial charge on any atom is 0.250 e. The molecular weight excluding hydrogens is 224 g/mol. The van der Waals surface area contributed by atoms with Gasteiger partial charge in [0.1, 0.15) is 0 Å². The zero-order valence-corrected chi connectivity index (χ0v) is 9.21. The van der Waals surface area contributed by atoms with Crippen molar-refractivity contribution in [3.05, 3.63) is 41.4 Å². The van der Waals surface area contributed by atoms with Crippen LogP contribution in [0.25, 0.3) is 0 Å². The van der Waals surface area contributed by atoms with E-state index in [1.54, 1.807) is 12.1 Å². The number of para-hydroxylation sites is 1. The molecule has 0 unspecified atom stereocenters. The molecule has 0 atom stereocenters. The fourth-order valence-corrected chi connectivity index (χ4v) is 1.98. The van der Waals surface area contributed by atoms with Crippen molar-refractivity contribution < 1.29 is 9.59 Å². The molecule has 2 rings (SSSR count). The quantitative estimate of drug-likeness (QED) is 0.759. The molecule has 2 amide bonds.